The van der Waals surface area contributed by atoms with E-state index < -0.39 is 27.8 Å². The number of rotatable bonds is 5. The van der Waals surface area contributed by atoms with Crippen molar-refractivity contribution in [2.75, 3.05) is 32.8 Å². The van der Waals surface area contributed by atoms with Crippen molar-refractivity contribution in [3.63, 3.8) is 0 Å². The number of amides is 1. The number of piperazine rings is 1. The molecule has 178 valence electrons. The van der Waals surface area contributed by atoms with Crippen LogP contribution in [0.5, 0.6) is 5.75 Å². The monoisotopic (exact) mass is 482 g/mol. The van der Waals surface area contributed by atoms with Gasteiger partial charge in [0.2, 0.25) is 10.0 Å². The zero-order valence-corrected chi connectivity index (χ0v) is 18.5. The lowest BCUT2D eigenvalue weighted by Crippen LogP contribution is -2.51. The highest BCUT2D eigenvalue weighted by Gasteiger charge is 2.30. The summed E-state index contributed by atoms with van der Waals surface area (Å²) in [6.07, 6.45) is 0. The maximum absolute atomic E-state index is 13.0. The Labute approximate surface area is 189 Å². The van der Waals surface area contributed by atoms with E-state index >= 15 is 0 Å². The number of hydrogen-bond acceptors (Lipinski definition) is 6. The summed E-state index contributed by atoms with van der Waals surface area (Å²) in [7, 11) is -3.69. The first-order valence-electron chi connectivity index (χ1n) is 9.70. The molecule has 1 aliphatic rings. The predicted octanol–water partition coefficient (Wildman–Crippen LogP) is 1.20. The Kier molecular flexibility index (Phi) is 8.88. The van der Waals surface area contributed by atoms with Gasteiger partial charge >= 0.3 is 11.9 Å². The summed E-state index contributed by atoms with van der Waals surface area (Å²) >= 11 is 0. The molecule has 0 spiro atoms. The molecule has 1 heterocycles. The number of aryl methyl sites for hydroxylation is 1. The quantitative estimate of drug-likeness (QED) is 0.606. The van der Waals surface area contributed by atoms with Gasteiger partial charge in [-0.05, 0) is 43.3 Å². The molecule has 12 heteroatoms. The molecule has 1 saturated heterocycles. The van der Waals surface area contributed by atoms with Crippen molar-refractivity contribution in [2.24, 2.45) is 0 Å². The number of benzene rings is 2. The Morgan fingerprint density at radius 1 is 0.909 bits per heavy atom. The molecule has 33 heavy (non-hydrogen) atoms. The minimum absolute atomic E-state index is 0.0476. The number of ether oxygens (including phenoxy) is 1. The summed E-state index contributed by atoms with van der Waals surface area (Å²) in [5.41, 5.74) is 1.10. The van der Waals surface area contributed by atoms with Crippen molar-refractivity contribution in [3.8, 4) is 5.75 Å². The zero-order chi connectivity index (χ0) is 24.6. The van der Waals surface area contributed by atoms with Crippen LogP contribution in [0.3, 0.4) is 0 Å². The fourth-order valence-electron chi connectivity index (χ4n) is 2.80. The van der Waals surface area contributed by atoms with Crippen LogP contribution in [-0.2, 0) is 24.4 Å². The molecule has 2 aromatic carbocycles. The summed E-state index contributed by atoms with van der Waals surface area (Å²) in [6, 6.07) is 12.1. The summed E-state index contributed by atoms with van der Waals surface area (Å²) < 4.78 is 45.0. The first-order valence-corrected chi connectivity index (χ1v) is 11.1. The van der Waals surface area contributed by atoms with E-state index in [0.717, 1.165) is 17.7 Å². The molecule has 1 aliphatic heterocycles. The summed E-state index contributed by atoms with van der Waals surface area (Å²) in [6.45, 7) is 2.83. The molecule has 0 aliphatic carbocycles. The third-order valence-electron chi connectivity index (χ3n) is 4.61. The highest BCUT2D eigenvalue weighted by atomic mass is 32.2. The molecule has 0 radical (unpaired) electrons. The maximum Gasteiger partial charge on any atom is 0.414 e. The van der Waals surface area contributed by atoms with Crippen molar-refractivity contribution >= 4 is 27.9 Å². The molecule has 0 aromatic heterocycles. The molecule has 0 atom stereocenters. The van der Waals surface area contributed by atoms with Gasteiger partial charge in [-0.1, -0.05) is 17.7 Å². The van der Waals surface area contributed by atoms with E-state index in [4.69, 9.17) is 24.5 Å². The van der Waals surface area contributed by atoms with Gasteiger partial charge in [-0.3, -0.25) is 4.79 Å². The van der Waals surface area contributed by atoms with E-state index in [9.17, 15) is 17.6 Å². The zero-order valence-electron chi connectivity index (χ0n) is 17.7. The average molecular weight is 482 g/mol. The van der Waals surface area contributed by atoms with E-state index in [0.29, 0.717) is 5.75 Å². The molecule has 1 fully saturated rings. The topological polar surface area (TPSA) is 142 Å². The number of nitrogens with zero attached hydrogens (tertiary/aromatic N) is 2. The van der Waals surface area contributed by atoms with Crippen LogP contribution < -0.4 is 4.74 Å². The lowest BCUT2D eigenvalue weighted by atomic mass is 10.2. The first-order chi connectivity index (χ1) is 15.5. The Bertz CT molecular complexity index is 1070. The normalized spacial score (nSPS) is 14.1. The van der Waals surface area contributed by atoms with E-state index in [-0.39, 0.29) is 43.6 Å². The van der Waals surface area contributed by atoms with E-state index in [1.54, 1.807) is 17.0 Å². The molecule has 1 amide bonds. The second-order valence-corrected chi connectivity index (χ2v) is 8.89. The number of halogens is 1. The highest BCUT2D eigenvalue weighted by molar-refractivity contribution is 7.89. The first kappa shape index (κ1) is 25.7. The van der Waals surface area contributed by atoms with Crippen molar-refractivity contribution in [1.82, 2.24) is 9.21 Å². The van der Waals surface area contributed by atoms with Crippen LogP contribution in [0.2, 0.25) is 0 Å². The third kappa shape index (κ3) is 7.54. The van der Waals surface area contributed by atoms with Gasteiger partial charge in [0.1, 0.15) is 11.6 Å². The minimum Gasteiger partial charge on any atom is -0.484 e. The van der Waals surface area contributed by atoms with Crippen LogP contribution in [0.1, 0.15) is 5.56 Å². The number of carbonyl (C=O) groups is 3. The molecule has 3 rings (SSSR count). The highest BCUT2D eigenvalue weighted by Crippen LogP contribution is 2.18. The Morgan fingerprint density at radius 2 is 1.42 bits per heavy atom. The molecule has 0 bridgehead atoms. The summed E-state index contributed by atoms with van der Waals surface area (Å²) in [5.74, 6) is -3.70. The number of sulfonamides is 1. The van der Waals surface area contributed by atoms with Crippen LogP contribution in [-0.4, -0.2) is 78.5 Å². The largest absolute Gasteiger partial charge is 0.484 e. The second-order valence-electron chi connectivity index (χ2n) is 6.95. The number of hydrogen-bond donors (Lipinski definition) is 2. The van der Waals surface area contributed by atoms with Gasteiger partial charge in [-0.2, -0.15) is 4.31 Å². The van der Waals surface area contributed by atoms with Gasteiger partial charge < -0.3 is 19.8 Å². The standard InChI is InChI=1S/C19H21FN2O4S.C2H2O4/c1-15-2-6-17(7-3-15)26-14-19(23)21-10-12-22(13-11-21)27(24,25)18-8-4-16(20)5-9-18;3-1(4)2(5)6/h2-9H,10-14H2,1H3;(H,3,4)(H,5,6). The number of carboxylic acid groups (broad SMARTS) is 2. The average Bonchev–Trinajstić information content (AvgIpc) is 2.79. The molecule has 0 saturated carbocycles. The van der Waals surface area contributed by atoms with Crippen molar-refractivity contribution < 1.29 is 42.1 Å². The lowest BCUT2D eigenvalue weighted by molar-refractivity contribution is -0.159. The fraction of sp³-hybridized carbons (Fsp3) is 0.286. The van der Waals surface area contributed by atoms with Crippen LogP contribution in [0.15, 0.2) is 53.4 Å². The Hall–Kier alpha value is -3.51. The fourth-order valence-corrected chi connectivity index (χ4v) is 4.23. The molecular formula is C21H23FN2O8S. The number of aliphatic carboxylic acids is 2. The van der Waals surface area contributed by atoms with Gasteiger partial charge in [0, 0.05) is 26.2 Å². The van der Waals surface area contributed by atoms with Gasteiger partial charge in [-0.15, -0.1) is 0 Å². The van der Waals surface area contributed by atoms with Gasteiger partial charge in [0.25, 0.3) is 5.91 Å². The SMILES string of the molecule is Cc1ccc(OCC(=O)N2CCN(S(=O)(=O)c3ccc(F)cc3)CC2)cc1.O=C(O)C(=O)O. The van der Waals surface area contributed by atoms with E-state index in [2.05, 4.69) is 0 Å². The van der Waals surface area contributed by atoms with Gasteiger partial charge in [-0.25, -0.2) is 22.4 Å². The van der Waals surface area contributed by atoms with Crippen LogP contribution >= 0.6 is 0 Å². The van der Waals surface area contributed by atoms with Crippen LogP contribution in [0.4, 0.5) is 4.39 Å². The van der Waals surface area contributed by atoms with Gasteiger partial charge in [0.05, 0.1) is 4.90 Å². The molecule has 10 nitrogen and oxygen atoms in total. The molecule has 2 aromatic rings. The minimum atomic E-state index is -3.69. The van der Waals surface area contributed by atoms with Crippen molar-refractivity contribution in [3.05, 3.63) is 59.9 Å². The van der Waals surface area contributed by atoms with Crippen LogP contribution in [0.25, 0.3) is 0 Å². The molecule has 2 N–H and O–H groups in total. The number of carboxylic acids is 2. The van der Waals surface area contributed by atoms with Gasteiger partial charge in [0.15, 0.2) is 6.61 Å². The Balaban J connectivity index is 0.000000569. The van der Waals surface area contributed by atoms with E-state index in [1.165, 1.54) is 16.4 Å². The van der Waals surface area contributed by atoms with E-state index in [1.807, 2.05) is 19.1 Å². The Morgan fingerprint density at radius 3 is 1.91 bits per heavy atom. The maximum atomic E-state index is 13.0. The summed E-state index contributed by atoms with van der Waals surface area (Å²) in [5, 5.41) is 14.8. The summed E-state index contributed by atoms with van der Waals surface area (Å²) in [4.78, 5) is 32.1. The smallest absolute Gasteiger partial charge is 0.414 e. The van der Waals surface area contributed by atoms with Crippen LogP contribution in [0, 0.1) is 12.7 Å². The second kappa shape index (κ2) is 11.4. The molecule has 0 unspecified atom stereocenters. The van der Waals surface area contributed by atoms with Crippen molar-refractivity contribution in [1.29, 1.82) is 0 Å². The lowest BCUT2D eigenvalue weighted by Gasteiger charge is -2.34. The van der Waals surface area contributed by atoms with Crippen molar-refractivity contribution in [2.45, 2.75) is 11.8 Å². The molecular weight excluding hydrogens is 459 g/mol. The number of carbonyl (C=O) groups excluding carboxylic acids is 1. The predicted molar refractivity (Wildman–Crippen MR) is 114 cm³/mol. The third-order valence-corrected chi connectivity index (χ3v) is 6.52.